The molecular formula is C13H22N4O3. The van der Waals surface area contributed by atoms with Crippen molar-refractivity contribution in [2.24, 2.45) is 5.92 Å². The fraction of sp³-hybridized carbons (Fsp3) is 0.615. The number of urea groups is 1. The van der Waals surface area contributed by atoms with E-state index in [1.54, 1.807) is 17.8 Å². The predicted molar refractivity (Wildman–Crippen MR) is 74.3 cm³/mol. The standard InChI is InChI=1S/C13H22N4O3/c1-3-16(10-11(2)12(18)19)13(20)14-6-4-8-17-9-5-7-15-17/h5,7,9,11H,3-4,6,8,10H2,1-2H3,(H,14,20)(H,18,19). The van der Waals surface area contributed by atoms with E-state index >= 15 is 0 Å². The molecule has 1 rings (SSSR count). The van der Waals surface area contributed by atoms with E-state index in [0.29, 0.717) is 13.1 Å². The number of hydrogen-bond acceptors (Lipinski definition) is 3. The molecule has 2 N–H and O–H groups in total. The molecule has 1 aromatic heterocycles. The van der Waals surface area contributed by atoms with Gasteiger partial charge in [0, 0.05) is 38.6 Å². The summed E-state index contributed by atoms with van der Waals surface area (Å²) in [7, 11) is 0. The molecule has 7 heteroatoms. The van der Waals surface area contributed by atoms with Gasteiger partial charge in [-0.15, -0.1) is 0 Å². The lowest BCUT2D eigenvalue weighted by Gasteiger charge is -2.23. The number of carbonyl (C=O) groups excluding carboxylic acids is 1. The summed E-state index contributed by atoms with van der Waals surface area (Å²) in [4.78, 5) is 24.2. The van der Waals surface area contributed by atoms with Gasteiger partial charge in [-0.2, -0.15) is 5.10 Å². The van der Waals surface area contributed by atoms with Crippen LogP contribution in [-0.4, -0.2) is 51.4 Å². The van der Waals surface area contributed by atoms with Crippen molar-refractivity contribution in [2.45, 2.75) is 26.8 Å². The number of amides is 2. The summed E-state index contributed by atoms with van der Waals surface area (Å²) >= 11 is 0. The van der Waals surface area contributed by atoms with E-state index in [4.69, 9.17) is 5.11 Å². The first-order valence-corrected chi connectivity index (χ1v) is 6.77. The Hall–Kier alpha value is -2.05. The van der Waals surface area contributed by atoms with Crippen LogP contribution in [-0.2, 0) is 11.3 Å². The summed E-state index contributed by atoms with van der Waals surface area (Å²) in [6.07, 6.45) is 4.36. The van der Waals surface area contributed by atoms with E-state index in [1.807, 2.05) is 19.2 Å². The minimum Gasteiger partial charge on any atom is -0.481 e. The van der Waals surface area contributed by atoms with Crippen molar-refractivity contribution in [3.8, 4) is 0 Å². The molecule has 0 saturated heterocycles. The SMILES string of the molecule is CCN(CC(C)C(=O)O)C(=O)NCCCn1cccn1. The van der Waals surface area contributed by atoms with Crippen molar-refractivity contribution in [1.29, 1.82) is 0 Å². The van der Waals surface area contributed by atoms with Crippen molar-refractivity contribution in [2.75, 3.05) is 19.6 Å². The van der Waals surface area contributed by atoms with Gasteiger partial charge in [-0.05, 0) is 19.4 Å². The Kier molecular flexibility index (Phi) is 6.55. The second kappa shape index (κ2) is 8.19. The molecule has 0 aliphatic carbocycles. The van der Waals surface area contributed by atoms with Crippen LogP contribution in [0.1, 0.15) is 20.3 Å². The van der Waals surface area contributed by atoms with E-state index < -0.39 is 11.9 Å². The van der Waals surface area contributed by atoms with Gasteiger partial charge in [-0.25, -0.2) is 4.79 Å². The Bertz CT molecular complexity index is 419. The Morgan fingerprint density at radius 2 is 2.25 bits per heavy atom. The van der Waals surface area contributed by atoms with Crippen LogP contribution in [0.3, 0.4) is 0 Å². The number of aromatic nitrogens is 2. The van der Waals surface area contributed by atoms with Gasteiger partial charge >= 0.3 is 12.0 Å². The van der Waals surface area contributed by atoms with Crippen LogP contribution in [0.25, 0.3) is 0 Å². The Morgan fingerprint density at radius 3 is 2.80 bits per heavy atom. The minimum atomic E-state index is -0.894. The zero-order chi connectivity index (χ0) is 15.0. The Morgan fingerprint density at radius 1 is 1.50 bits per heavy atom. The van der Waals surface area contributed by atoms with Crippen LogP contribution in [0.2, 0.25) is 0 Å². The number of aliphatic carboxylic acids is 1. The predicted octanol–water partition coefficient (Wildman–Crippen LogP) is 1.03. The highest BCUT2D eigenvalue weighted by molar-refractivity contribution is 5.75. The molecule has 0 saturated carbocycles. The van der Waals surface area contributed by atoms with Crippen molar-refractivity contribution in [3.05, 3.63) is 18.5 Å². The molecule has 0 aliphatic rings. The molecule has 1 unspecified atom stereocenters. The number of rotatable bonds is 8. The van der Waals surface area contributed by atoms with Crippen LogP contribution in [0.4, 0.5) is 4.79 Å². The molecule has 0 aliphatic heterocycles. The van der Waals surface area contributed by atoms with Crippen LogP contribution >= 0.6 is 0 Å². The van der Waals surface area contributed by atoms with Gasteiger partial charge in [0.05, 0.1) is 5.92 Å². The lowest BCUT2D eigenvalue weighted by Crippen LogP contribution is -2.43. The second-order valence-corrected chi connectivity index (χ2v) is 4.63. The molecule has 20 heavy (non-hydrogen) atoms. The molecule has 0 aromatic carbocycles. The number of nitrogens with zero attached hydrogens (tertiary/aromatic N) is 3. The maximum absolute atomic E-state index is 11.9. The van der Waals surface area contributed by atoms with Crippen LogP contribution in [0, 0.1) is 5.92 Å². The highest BCUT2D eigenvalue weighted by Crippen LogP contribution is 2.00. The van der Waals surface area contributed by atoms with Crippen molar-refractivity contribution < 1.29 is 14.7 Å². The van der Waals surface area contributed by atoms with Gasteiger partial charge in [-0.1, -0.05) is 6.92 Å². The summed E-state index contributed by atoms with van der Waals surface area (Å²) in [5.41, 5.74) is 0. The van der Waals surface area contributed by atoms with Gasteiger partial charge in [-0.3, -0.25) is 9.48 Å². The topological polar surface area (TPSA) is 87.5 Å². The molecule has 0 spiro atoms. The van der Waals surface area contributed by atoms with Gasteiger partial charge in [0.25, 0.3) is 0 Å². The molecule has 2 amide bonds. The molecule has 1 heterocycles. The fourth-order valence-corrected chi connectivity index (χ4v) is 1.75. The van der Waals surface area contributed by atoms with Gasteiger partial charge in [0.1, 0.15) is 0 Å². The van der Waals surface area contributed by atoms with Gasteiger partial charge < -0.3 is 15.3 Å². The monoisotopic (exact) mass is 282 g/mol. The number of aryl methyl sites for hydroxylation is 1. The van der Waals surface area contributed by atoms with Crippen molar-refractivity contribution in [3.63, 3.8) is 0 Å². The molecule has 0 bridgehead atoms. The highest BCUT2D eigenvalue weighted by atomic mass is 16.4. The van der Waals surface area contributed by atoms with E-state index in [9.17, 15) is 9.59 Å². The zero-order valence-electron chi connectivity index (χ0n) is 12.0. The third kappa shape index (κ3) is 5.29. The van der Waals surface area contributed by atoms with E-state index in [2.05, 4.69) is 10.4 Å². The normalized spacial score (nSPS) is 11.9. The van der Waals surface area contributed by atoms with Gasteiger partial charge in [0.2, 0.25) is 0 Å². The quantitative estimate of drug-likeness (QED) is 0.697. The van der Waals surface area contributed by atoms with E-state index in [1.165, 1.54) is 4.90 Å². The fourth-order valence-electron chi connectivity index (χ4n) is 1.75. The smallest absolute Gasteiger partial charge is 0.317 e. The molecule has 7 nitrogen and oxygen atoms in total. The average molecular weight is 282 g/mol. The first kappa shape index (κ1) is 16.0. The number of carbonyl (C=O) groups is 2. The maximum Gasteiger partial charge on any atom is 0.317 e. The molecule has 1 atom stereocenters. The second-order valence-electron chi connectivity index (χ2n) is 4.63. The zero-order valence-corrected chi connectivity index (χ0v) is 12.0. The summed E-state index contributed by atoms with van der Waals surface area (Å²) in [5.74, 6) is -1.46. The van der Waals surface area contributed by atoms with Crippen molar-refractivity contribution in [1.82, 2.24) is 20.0 Å². The third-order valence-corrected chi connectivity index (χ3v) is 2.98. The van der Waals surface area contributed by atoms with Gasteiger partial charge in [0.15, 0.2) is 0 Å². The number of nitrogens with one attached hydrogen (secondary N) is 1. The van der Waals surface area contributed by atoms with Crippen molar-refractivity contribution >= 4 is 12.0 Å². The summed E-state index contributed by atoms with van der Waals surface area (Å²) in [6, 6.07) is 1.63. The molecule has 1 aromatic rings. The largest absolute Gasteiger partial charge is 0.481 e. The number of hydrogen-bond donors (Lipinski definition) is 2. The van der Waals surface area contributed by atoms with Crippen LogP contribution < -0.4 is 5.32 Å². The number of carboxylic acid groups (broad SMARTS) is 1. The molecule has 112 valence electrons. The lowest BCUT2D eigenvalue weighted by molar-refractivity contribution is -0.141. The molecule has 0 radical (unpaired) electrons. The highest BCUT2D eigenvalue weighted by Gasteiger charge is 2.18. The summed E-state index contributed by atoms with van der Waals surface area (Å²) < 4.78 is 1.80. The summed E-state index contributed by atoms with van der Waals surface area (Å²) in [5, 5.41) is 15.7. The summed E-state index contributed by atoms with van der Waals surface area (Å²) in [6.45, 7) is 5.41. The number of carboxylic acids is 1. The lowest BCUT2D eigenvalue weighted by atomic mass is 10.2. The Labute approximate surface area is 118 Å². The van der Waals surface area contributed by atoms with E-state index in [0.717, 1.165) is 13.0 Å². The van der Waals surface area contributed by atoms with Crippen LogP contribution in [0.5, 0.6) is 0 Å². The molecular weight excluding hydrogens is 260 g/mol. The Balaban J connectivity index is 2.26. The maximum atomic E-state index is 11.9. The minimum absolute atomic E-state index is 0.219. The third-order valence-electron chi connectivity index (χ3n) is 2.98. The van der Waals surface area contributed by atoms with Crippen LogP contribution in [0.15, 0.2) is 18.5 Å². The first-order valence-electron chi connectivity index (χ1n) is 6.77. The average Bonchev–Trinajstić information content (AvgIpc) is 2.93. The first-order chi connectivity index (χ1) is 9.54. The molecule has 0 fully saturated rings. The van der Waals surface area contributed by atoms with E-state index in [-0.39, 0.29) is 12.6 Å².